The number of hydrogen-bond acceptors (Lipinski definition) is 5. The zero-order chi connectivity index (χ0) is 14.8. The first-order valence-corrected chi connectivity index (χ1v) is 9.06. The maximum atomic E-state index is 6.30. The number of hydrogen-bond donors (Lipinski definition) is 1. The summed E-state index contributed by atoms with van der Waals surface area (Å²) in [5.41, 5.74) is 6.30. The molecule has 0 aromatic rings. The molecule has 0 saturated heterocycles. The van der Waals surface area contributed by atoms with Gasteiger partial charge in [0.05, 0.1) is 0 Å². The molecular weight excluding hydrogens is 262 g/mol. The van der Waals surface area contributed by atoms with E-state index in [0.717, 1.165) is 19.3 Å². The second kappa shape index (κ2) is 9.85. The standard InChI is InChI=1S/C13H31NO4Si/c1-6-10-11-12-15-13(5,14)19(16-7-2,17-8-3)18-9-4/h6-12,14H2,1-5H3. The monoisotopic (exact) mass is 293 g/mol. The van der Waals surface area contributed by atoms with Gasteiger partial charge in [0.25, 0.3) is 0 Å². The first kappa shape index (κ1) is 19.0. The Kier molecular flexibility index (Phi) is 9.86. The van der Waals surface area contributed by atoms with Crippen LogP contribution in [-0.2, 0) is 18.0 Å². The molecule has 0 aliphatic heterocycles. The van der Waals surface area contributed by atoms with Gasteiger partial charge >= 0.3 is 8.80 Å². The molecule has 0 aromatic carbocycles. The third-order valence-corrected chi connectivity index (χ3v) is 6.13. The molecule has 0 rings (SSSR count). The molecule has 5 nitrogen and oxygen atoms in total. The zero-order valence-corrected chi connectivity index (χ0v) is 14.2. The second-order valence-corrected chi connectivity index (χ2v) is 7.49. The minimum atomic E-state index is -3.03. The van der Waals surface area contributed by atoms with Crippen molar-refractivity contribution in [1.82, 2.24) is 0 Å². The van der Waals surface area contributed by atoms with Crippen LogP contribution in [0.15, 0.2) is 0 Å². The van der Waals surface area contributed by atoms with Crippen LogP contribution in [-0.4, -0.2) is 40.6 Å². The van der Waals surface area contributed by atoms with E-state index in [0.29, 0.717) is 26.4 Å². The summed E-state index contributed by atoms with van der Waals surface area (Å²) in [6, 6.07) is 0. The normalized spacial score (nSPS) is 15.5. The molecule has 0 aliphatic carbocycles. The van der Waals surface area contributed by atoms with Gasteiger partial charge in [-0.1, -0.05) is 19.8 Å². The lowest BCUT2D eigenvalue weighted by molar-refractivity contribution is -0.0603. The van der Waals surface area contributed by atoms with Crippen molar-refractivity contribution in [2.24, 2.45) is 5.73 Å². The summed E-state index contributed by atoms with van der Waals surface area (Å²) in [6.07, 6.45) is 3.26. The fourth-order valence-corrected chi connectivity index (χ4v) is 4.38. The smallest absolute Gasteiger partial charge is 0.371 e. The molecule has 0 aliphatic rings. The van der Waals surface area contributed by atoms with Crippen molar-refractivity contribution < 1.29 is 18.0 Å². The van der Waals surface area contributed by atoms with E-state index in [1.165, 1.54) is 0 Å². The molecule has 116 valence electrons. The molecular formula is C13H31NO4Si. The minimum absolute atomic E-state index is 0.497. The van der Waals surface area contributed by atoms with Gasteiger partial charge in [0.1, 0.15) is 0 Å². The third kappa shape index (κ3) is 5.89. The highest BCUT2D eigenvalue weighted by molar-refractivity contribution is 6.63. The summed E-state index contributed by atoms with van der Waals surface area (Å²) in [5.74, 6) is 0. The van der Waals surface area contributed by atoms with Gasteiger partial charge < -0.3 is 23.7 Å². The highest BCUT2D eigenvalue weighted by Gasteiger charge is 2.57. The summed E-state index contributed by atoms with van der Waals surface area (Å²) >= 11 is 0. The van der Waals surface area contributed by atoms with Gasteiger partial charge in [-0.05, 0) is 34.1 Å². The number of nitrogens with two attached hydrogens (primary N) is 1. The summed E-state index contributed by atoms with van der Waals surface area (Å²) in [6.45, 7) is 11.8. The molecule has 0 aromatic heterocycles. The van der Waals surface area contributed by atoms with E-state index >= 15 is 0 Å². The van der Waals surface area contributed by atoms with Crippen LogP contribution in [0.3, 0.4) is 0 Å². The van der Waals surface area contributed by atoms with Crippen LogP contribution in [0.4, 0.5) is 0 Å². The Morgan fingerprint density at radius 2 is 1.37 bits per heavy atom. The van der Waals surface area contributed by atoms with Crippen molar-refractivity contribution in [1.29, 1.82) is 0 Å². The first-order chi connectivity index (χ1) is 8.99. The van der Waals surface area contributed by atoms with Crippen molar-refractivity contribution in [3.05, 3.63) is 0 Å². The van der Waals surface area contributed by atoms with E-state index in [2.05, 4.69) is 6.92 Å². The van der Waals surface area contributed by atoms with E-state index in [1.807, 2.05) is 20.8 Å². The van der Waals surface area contributed by atoms with Gasteiger partial charge in [-0.2, -0.15) is 0 Å². The molecule has 2 N–H and O–H groups in total. The van der Waals surface area contributed by atoms with Crippen LogP contribution < -0.4 is 5.73 Å². The minimum Gasteiger partial charge on any atom is -0.371 e. The van der Waals surface area contributed by atoms with Gasteiger partial charge in [-0.3, -0.25) is 0 Å². The lowest BCUT2D eigenvalue weighted by Crippen LogP contribution is -2.70. The van der Waals surface area contributed by atoms with Crippen LogP contribution in [0.1, 0.15) is 53.9 Å². The van der Waals surface area contributed by atoms with Crippen LogP contribution in [0.5, 0.6) is 0 Å². The molecule has 0 spiro atoms. The molecule has 0 heterocycles. The number of ether oxygens (including phenoxy) is 1. The number of rotatable bonds is 12. The van der Waals surface area contributed by atoms with Gasteiger partial charge in [0.15, 0.2) is 5.35 Å². The fraction of sp³-hybridized carbons (Fsp3) is 1.00. The largest absolute Gasteiger partial charge is 0.549 e. The van der Waals surface area contributed by atoms with Crippen molar-refractivity contribution in [3.63, 3.8) is 0 Å². The summed E-state index contributed by atoms with van der Waals surface area (Å²) in [7, 11) is -3.03. The van der Waals surface area contributed by atoms with Crippen molar-refractivity contribution in [2.75, 3.05) is 26.4 Å². The van der Waals surface area contributed by atoms with Crippen molar-refractivity contribution in [3.8, 4) is 0 Å². The Morgan fingerprint density at radius 1 is 0.895 bits per heavy atom. The molecule has 0 bridgehead atoms. The predicted molar refractivity (Wildman–Crippen MR) is 78.7 cm³/mol. The summed E-state index contributed by atoms with van der Waals surface area (Å²) in [5, 5.41) is -1.01. The quantitative estimate of drug-likeness (QED) is 0.340. The topological polar surface area (TPSA) is 62.9 Å². The van der Waals surface area contributed by atoms with Crippen LogP contribution >= 0.6 is 0 Å². The molecule has 6 heteroatoms. The van der Waals surface area contributed by atoms with Gasteiger partial charge in [0.2, 0.25) is 0 Å². The molecule has 0 fully saturated rings. The molecule has 1 unspecified atom stereocenters. The molecule has 0 radical (unpaired) electrons. The molecule has 19 heavy (non-hydrogen) atoms. The van der Waals surface area contributed by atoms with Crippen LogP contribution in [0.2, 0.25) is 0 Å². The second-order valence-electron chi connectivity index (χ2n) is 4.52. The van der Waals surface area contributed by atoms with E-state index in [1.54, 1.807) is 6.92 Å². The Labute approximate surface area is 119 Å². The SMILES string of the molecule is CCCCCOC(C)(N)[Si](OCC)(OCC)OCC. The van der Waals surface area contributed by atoms with Crippen molar-refractivity contribution >= 4 is 8.80 Å². The first-order valence-electron chi connectivity index (χ1n) is 7.34. The van der Waals surface area contributed by atoms with Gasteiger partial charge in [-0.15, -0.1) is 0 Å². The Bertz CT molecular complexity index is 210. The lowest BCUT2D eigenvalue weighted by Gasteiger charge is -2.39. The van der Waals surface area contributed by atoms with Crippen LogP contribution in [0.25, 0.3) is 0 Å². The Hall–Kier alpha value is 0.0169. The van der Waals surface area contributed by atoms with Gasteiger partial charge in [0, 0.05) is 26.4 Å². The average Bonchev–Trinajstić information content (AvgIpc) is 2.35. The molecule has 0 saturated carbocycles. The van der Waals surface area contributed by atoms with E-state index in [-0.39, 0.29) is 0 Å². The van der Waals surface area contributed by atoms with Crippen molar-refractivity contribution in [2.45, 2.75) is 59.2 Å². The molecule has 1 atom stereocenters. The maximum Gasteiger partial charge on any atom is 0.549 e. The molecule has 0 amide bonds. The third-order valence-electron chi connectivity index (χ3n) is 2.76. The predicted octanol–water partition coefficient (Wildman–Crippen LogP) is 2.46. The van der Waals surface area contributed by atoms with E-state index in [9.17, 15) is 0 Å². The number of unbranched alkanes of at least 4 members (excludes halogenated alkanes) is 2. The highest BCUT2D eigenvalue weighted by Crippen LogP contribution is 2.24. The highest BCUT2D eigenvalue weighted by atomic mass is 28.4. The van der Waals surface area contributed by atoms with Crippen LogP contribution in [0, 0.1) is 0 Å². The lowest BCUT2D eigenvalue weighted by atomic mass is 10.3. The summed E-state index contributed by atoms with van der Waals surface area (Å²) < 4.78 is 23.1. The summed E-state index contributed by atoms with van der Waals surface area (Å²) in [4.78, 5) is 0. The maximum absolute atomic E-state index is 6.30. The van der Waals surface area contributed by atoms with Gasteiger partial charge in [-0.25, -0.2) is 0 Å². The average molecular weight is 293 g/mol. The van der Waals surface area contributed by atoms with E-state index in [4.69, 9.17) is 23.7 Å². The Morgan fingerprint density at radius 3 is 1.74 bits per heavy atom. The van der Waals surface area contributed by atoms with E-state index < -0.39 is 14.2 Å². The zero-order valence-electron chi connectivity index (χ0n) is 13.2. The Balaban J connectivity index is 4.75. The fourth-order valence-electron chi connectivity index (χ4n) is 1.85.